The molecule has 1 saturated heterocycles. The predicted octanol–water partition coefficient (Wildman–Crippen LogP) is 2.39. The highest BCUT2D eigenvalue weighted by molar-refractivity contribution is 7.99. The first-order valence-electron chi connectivity index (χ1n) is 5.96. The Hall–Kier alpha value is -0.670. The van der Waals surface area contributed by atoms with E-state index in [0.717, 1.165) is 31.5 Å². The van der Waals surface area contributed by atoms with E-state index in [1.54, 1.807) is 0 Å². The van der Waals surface area contributed by atoms with Crippen LogP contribution in [0.4, 0.5) is 0 Å². The molecule has 0 radical (unpaired) electrons. The van der Waals surface area contributed by atoms with Crippen LogP contribution in [0.5, 0.6) is 5.75 Å². The van der Waals surface area contributed by atoms with Gasteiger partial charge >= 0.3 is 0 Å². The second kappa shape index (κ2) is 4.68. The van der Waals surface area contributed by atoms with Gasteiger partial charge in [-0.15, -0.1) is 0 Å². The standard InChI is InChI=1S/C13H17NOS/c1-2-4-13-11(3-1)9-14(6-7-15-13)12-5-8-16-10-12/h1-4,12H,5-10H2. The van der Waals surface area contributed by atoms with Crippen molar-refractivity contribution in [3.05, 3.63) is 29.8 Å². The van der Waals surface area contributed by atoms with Crippen LogP contribution < -0.4 is 4.74 Å². The minimum Gasteiger partial charge on any atom is -0.492 e. The maximum atomic E-state index is 5.79. The number of ether oxygens (including phenoxy) is 1. The Kier molecular flexibility index (Phi) is 3.06. The summed E-state index contributed by atoms with van der Waals surface area (Å²) in [5.74, 6) is 3.70. The smallest absolute Gasteiger partial charge is 0.123 e. The van der Waals surface area contributed by atoms with Crippen molar-refractivity contribution in [3.8, 4) is 5.75 Å². The number of fused-ring (bicyclic) bond motifs is 1. The first-order valence-corrected chi connectivity index (χ1v) is 7.11. The van der Waals surface area contributed by atoms with Crippen molar-refractivity contribution >= 4 is 11.8 Å². The summed E-state index contributed by atoms with van der Waals surface area (Å²) in [5.41, 5.74) is 1.34. The number of thioether (sulfide) groups is 1. The van der Waals surface area contributed by atoms with E-state index in [1.807, 2.05) is 0 Å². The van der Waals surface area contributed by atoms with Gasteiger partial charge in [-0.1, -0.05) is 18.2 Å². The highest BCUT2D eigenvalue weighted by atomic mass is 32.2. The molecule has 0 spiro atoms. The summed E-state index contributed by atoms with van der Waals surface area (Å²) in [6.07, 6.45) is 1.34. The molecule has 0 aliphatic carbocycles. The molecule has 2 aliphatic rings. The van der Waals surface area contributed by atoms with E-state index in [4.69, 9.17) is 4.74 Å². The first kappa shape index (κ1) is 10.5. The number of nitrogens with zero attached hydrogens (tertiary/aromatic N) is 1. The van der Waals surface area contributed by atoms with Crippen molar-refractivity contribution in [3.63, 3.8) is 0 Å². The molecule has 16 heavy (non-hydrogen) atoms. The van der Waals surface area contributed by atoms with Gasteiger partial charge in [0.2, 0.25) is 0 Å². The van der Waals surface area contributed by atoms with Crippen LogP contribution in [0.25, 0.3) is 0 Å². The van der Waals surface area contributed by atoms with E-state index in [1.165, 1.54) is 23.5 Å². The maximum absolute atomic E-state index is 5.79. The summed E-state index contributed by atoms with van der Waals surface area (Å²) in [4.78, 5) is 2.59. The predicted molar refractivity (Wildman–Crippen MR) is 68.1 cm³/mol. The van der Waals surface area contributed by atoms with E-state index >= 15 is 0 Å². The highest BCUT2D eigenvalue weighted by Gasteiger charge is 2.25. The molecule has 3 heteroatoms. The van der Waals surface area contributed by atoms with Crippen molar-refractivity contribution in [1.82, 2.24) is 4.90 Å². The summed E-state index contributed by atoms with van der Waals surface area (Å²) in [5, 5.41) is 0. The van der Waals surface area contributed by atoms with E-state index < -0.39 is 0 Å². The molecule has 0 aromatic heterocycles. The van der Waals surface area contributed by atoms with Crippen LogP contribution in [-0.2, 0) is 6.54 Å². The van der Waals surface area contributed by atoms with Crippen LogP contribution in [0, 0.1) is 0 Å². The first-order chi connectivity index (χ1) is 7.93. The largest absolute Gasteiger partial charge is 0.492 e. The second-order valence-corrected chi connectivity index (χ2v) is 5.59. The van der Waals surface area contributed by atoms with Crippen molar-refractivity contribution < 1.29 is 4.74 Å². The zero-order chi connectivity index (χ0) is 10.8. The molecule has 1 unspecified atom stereocenters. The van der Waals surface area contributed by atoms with Crippen LogP contribution in [0.15, 0.2) is 24.3 Å². The van der Waals surface area contributed by atoms with Gasteiger partial charge in [-0.25, -0.2) is 0 Å². The van der Waals surface area contributed by atoms with Crippen LogP contribution >= 0.6 is 11.8 Å². The lowest BCUT2D eigenvalue weighted by molar-refractivity contribution is 0.182. The Bertz CT molecular complexity index is 363. The quantitative estimate of drug-likeness (QED) is 0.741. The monoisotopic (exact) mass is 235 g/mol. The van der Waals surface area contributed by atoms with Crippen LogP contribution in [0.2, 0.25) is 0 Å². The summed E-state index contributed by atoms with van der Waals surface area (Å²) in [6, 6.07) is 9.20. The summed E-state index contributed by atoms with van der Waals surface area (Å²) < 4.78 is 5.79. The average Bonchev–Trinajstić information content (AvgIpc) is 2.75. The van der Waals surface area contributed by atoms with E-state index in [9.17, 15) is 0 Å². The lowest BCUT2D eigenvalue weighted by Gasteiger charge is -2.25. The molecule has 0 bridgehead atoms. The number of benzene rings is 1. The molecule has 0 N–H and O–H groups in total. The van der Waals surface area contributed by atoms with E-state index in [-0.39, 0.29) is 0 Å². The molecule has 2 heterocycles. The fourth-order valence-corrected chi connectivity index (χ4v) is 3.72. The Morgan fingerprint density at radius 3 is 3.12 bits per heavy atom. The lowest BCUT2D eigenvalue weighted by Crippen LogP contribution is -2.36. The van der Waals surface area contributed by atoms with Gasteiger partial charge in [0, 0.05) is 30.4 Å². The number of rotatable bonds is 1. The summed E-state index contributed by atoms with van der Waals surface area (Å²) in [6.45, 7) is 2.96. The van der Waals surface area contributed by atoms with Gasteiger partial charge < -0.3 is 4.74 Å². The normalized spacial score (nSPS) is 25.9. The summed E-state index contributed by atoms with van der Waals surface area (Å²) in [7, 11) is 0. The molecule has 1 aromatic carbocycles. The molecule has 1 atom stereocenters. The van der Waals surface area contributed by atoms with Gasteiger partial charge in [0.05, 0.1) is 0 Å². The van der Waals surface area contributed by atoms with Crippen LogP contribution in [-0.4, -0.2) is 35.6 Å². The third-order valence-corrected chi connectivity index (χ3v) is 4.55. The average molecular weight is 235 g/mol. The molecule has 2 aliphatic heterocycles. The molecule has 86 valence electrons. The van der Waals surface area contributed by atoms with E-state index in [2.05, 4.69) is 40.9 Å². The molecular weight excluding hydrogens is 218 g/mol. The zero-order valence-corrected chi connectivity index (χ0v) is 10.2. The van der Waals surface area contributed by atoms with Gasteiger partial charge in [0.1, 0.15) is 12.4 Å². The Balaban J connectivity index is 1.79. The molecule has 2 nitrogen and oxygen atoms in total. The van der Waals surface area contributed by atoms with Gasteiger partial charge in [0.15, 0.2) is 0 Å². The maximum Gasteiger partial charge on any atom is 0.123 e. The fraction of sp³-hybridized carbons (Fsp3) is 0.538. The Morgan fingerprint density at radius 1 is 1.31 bits per heavy atom. The van der Waals surface area contributed by atoms with Crippen molar-refractivity contribution in [2.45, 2.75) is 19.0 Å². The minimum atomic E-state index is 0.764. The van der Waals surface area contributed by atoms with Gasteiger partial charge in [-0.2, -0.15) is 11.8 Å². The van der Waals surface area contributed by atoms with Crippen LogP contribution in [0.1, 0.15) is 12.0 Å². The van der Waals surface area contributed by atoms with E-state index in [0.29, 0.717) is 0 Å². The van der Waals surface area contributed by atoms with Gasteiger partial charge in [-0.3, -0.25) is 4.90 Å². The fourth-order valence-electron chi connectivity index (χ4n) is 2.47. The number of hydrogen-bond donors (Lipinski definition) is 0. The number of para-hydroxylation sites is 1. The van der Waals surface area contributed by atoms with Crippen LogP contribution in [0.3, 0.4) is 0 Å². The molecule has 0 amide bonds. The third kappa shape index (κ3) is 2.06. The zero-order valence-electron chi connectivity index (χ0n) is 9.39. The van der Waals surface area contributed by atoms with Gasteiger partial charge in [-0.05, 0) is 18.2 Å². The molecule has 1 aromatic rings. The topological polar surface area (TPSA) is 12.5 Å². The molecule has 1 fully saturated rings. The SMILES string of the molecule is c1ccc2c(c1)CN(C1CCSC1)CCO2. The molecule has 0 saturated carbocycles. The Morgan fingerprint density at radius 2 is 2.25 bits per heavy atom. The second-order valence-electron chi connectivity index (χ2n) is 4.44. The minimum absolute atomic E-state index is 0.764. The Labute approximate surface area is 101 Å². The van der Waals surface area contributed by atoms with Crippen molar-refractivity contribution in [1.29, 1.82) is 0 Å². The van der Waals surface area contributed by atoms with Crippen molar-refractivity contribution in [2.75, 3.05) is 24.7 Å². The highest BCUT2D eigenvalue weighted by Crippen LogP contribution is 2.28. The lowest BCUT2D eigenvalue weighted by atomic mass is 10.1. The molecule has 3 rings (SSSR count). The van der Waals surface area contributed by atoms with Gasteiger partial charge in [0.25, 0.3) is 0 Å². The molecular formula is C13H17NOS. The van der Waals surface area contributed by atoms with Crippen molar-refractivity contribution in [2.24, 2.45) is 0 Å². The third-order valence-electron chi connectivity index (χ3n) is 3.40. The number of hydrogen-bond acceptors (Lipinski definition) is 3. The summed E-state index contributed by atoms with van der Waals surface area (Å²) >= 11 is 2.08.